The lowest BCUT2D eigenvalue weighted by Gasteiger charge is -2.18. The summed E-state index contributed by atoms with van der Waals surface area (Å²) in [7, 11) is 0. The van der Waals surface area contributed by atoms with E-state index in [1.807, 2.05) is 36.4 Å². The Labute approximate surface area is 146 Å². The molecular formula is C18H19ClN2OS. The fourth-order valence-electron chi connectivity index (χ4n) is 2.67. The number of hydrogen-bond donors (Lipinski definition) is 1. The maximum Gasteiger partial charge on any atom is 0.235 e. The second-order valence-electron chi connectivity index (χ2n) is 5.53. The van der Waals surface area contributed by atoms with Gasteiger partial charge in [-0.05, 0) is 48.2 Å². The van der Waals surface area contributed by atoms with E-state index in [4.69, 9.17) is 11.6 Å². The molecule has 0 aliphatic carbocycles. The van der Waals surface area contributed by atoms with E-state index in [1.165, 1.54) is 11.1 Å². The van der Waals surface area contributed by atoms with Gasteiger partial charge in [0.25, 0.3) is 0 Å². The van der Waals surface area contributed by atoms with Crippen LogP contribution >= 0.6 is 23.5 Å². The Morgan fingerprint density at radius 3 is 2.61 bits per heavy atom. The number of para-hydroxylation sites is 1. The topological polar surface area (TPSA) is 32.3 Å². The molecule has 120 valence electrons. The minimum Gasteiger partial charge on any atom is -0.325 e. The molecule has 0 aromatic heterocycles. The molecule has 0 atom stereocenters. The van der Waals surface area contributed by atoms with Crippen molar-refractivity contribution in [3.63, 3.8) is 0 Å². The minimum absolute atomic E-state index is 0.0333. The standard InChI is InChI=1S/C18H19ClN2OS/c19-16-7-6-14-8-10-21(11-9-15(14)12-16)23-13-18(22)20-17-4-2-1-3-5-17/h1-7,12H,8-11,13H2,(H,20,22). The lowest BCUT2D eigenvalue weighted by Crippen LogP contribution is -2.23. The van der Waals surface area contributed by atoms with Crippen LogP contribution in [0.4, 0.5) is 5.69 Å². The number of rotatable bonds is 4. The van der Waals surface area contributed by atoms with Gasteiger partial charge < -0.3 is 5.32 Å². The van der Waals surface area contributed by atoms with Crippen LogP contribution in [0.15, 0.2) is 48.5 Å². The van der Waals surface area contributed by atoms with Crippen LogP contribution in [0, 0.1) is 0 Å². The molecule has 0 fully saturated rings. The Hall–Kier alpha value is -1.49. The van der Waals surface area contributed by atoms with Crippen LogP contribution in [0.3, 0.4) is 0 Å². The summed E-state index contributed by atoms with van der Waals surface area (Å²) >= 11 is 7.68. The van der Waals surface area contributed by atoms with Crippen LogP contribution in [0.1, 0.15) is 11.1 Å². The van der Waals surface area contributed by atoms with Gasteiger partial charge in [0.05, 0.1) is 5.75 Å². The third kappa shape index (κ3) is 4.74. The molecule has 1 aliphatic heterocycles. The first kappa shape index (κ1) is 16.4. The fourth-order valence-corrected chi connectivity index (χ4v) is 3.68. The monoisotopic (exact) mass is 346 g/mol. The van der Waals surface area contributed by atoms with Gasteiger partial charge >= 0.3 is 0 Å². The van der Waals surface area contributed by atoms with Crippen molar-refractivity contribution in [2.75, 3.05) is 24.2 Å². The van der Waals surface area contributed by atoms with E-state index in [9.17, 15) is 4.79 Å². The van der Waals surface area contributed by atoms with Gasteiger partial charge in [-0.15, -0.1) is 0 Å². The molecule has 5 heteroatoms. The van der Waals surface area contributed by atoms with E-state index in [2.05, 4.69) is 21.8 Å². The molecule has 3 rings (SSSR count). The van der Waals surface area contributed by atoms with Crippen LogP contribution in [0.5, 0.6) is 0 Å². The van der Waals surface area contributed by atoms with Crippen molar-refractivity contribution in [3.8, 4) is 0 Å². The summed E-state index contributed by atoms with van der Waals surface area (Å²) in [5, 5.41) is 3.72. The summed E-state index contributed by atoms with van der Waals surface area (Å²) in [5.41, 5.74) is 3.54. The van der Waals surface area contributed by atoms with Crippen molar-refractivity contribution in [2.24, 2.45) is 0 Å². The van der Waals surface area contributed by atoms with Gasteiger partial charge in [0, 0.05) is 23.8 Å². The van der Waals surface area contributed by atoms with E-state index in [0.717, 1.165) is 36.6 Å². The molecule has 1 heterocycles. The van der Waals surface area contributed by atoms with Crippen molar-refractivity contribution in [3.05, 3.63) is 64.7 Å². The van der Waals surface area contributed by atoms with E-state index in [0.29, 0.717) is 5.75 Å². The molecule has 2 aromatic rings. The molecular weight excluding hydrogens is 328 g/mol. The maximum absolute atomic E-state index is 12.0. The number of nitrogens with one attached hydrogen (secondary N) is 1. The van der Waals surface area contributed by atoms with Gasteiger partial charge in [-0.25, -0.2) is 4.31 Å². The summed E-state index contributed by atoms with van der Waals surface area (Å²) in [6, 6.07) is 15.7. The molecule has 0 radical (unpaired) electrons. The number of hydrogen-bond acceptors (Lipinski definition) is 3. The van der Waals surface area contributed by atoms with Gasteiger partial charge in [0.15, 0.2) is 0 Å². The summed E-state index contributed by atoms with van der Waals surface area (Å²) in [6.45, 7) is 1.90. The summed E-state index contributed by atoms with van der Waals surface area (Å²) < 4.78 is 2.28. The predicted octanol–water partition coefficient (Wildman–Crippen LogP) is 4.03. The Bertz CT molecular complexity index is 678. The van der Waals surface area contributed by atoms with E-state index >= 15 is 0 Å². The van der Waals surface area contributed by atoms with Gasteiger partial charge in [0.2, 0.25) is 5.91 Å². The molecule has 1 aliphatic rings. The first-order chi connectivity index (χ1) is 11.2. The minimum atomic E-state index is 0.0333. The summed E-state index contributed by atoms with van der Waals surface area (Å²) in [6.07, 6.45) is 1.98. The Morgan fingerprint density at radius 2 is 1.83 bits per heavy atom. The first-order valence-corrected chi connectivity index (χ1v) is 9.03. The molecule has 3 nitrogen and oxygen atoms in total. The smallest absolute Gasteiger partial charge is 0.235 e. The second-order valence-corrected chi connectivity index (χ2v) is 7.03. The number of fused-ring (bicyclic) bond motifs is 1. The molecule has 0 unspecified atom stereocenters. The van der Waals surface area contributed by atoms with Gasteiger partial charge in [-0.3, -0.25) is 4.79 Å². The predicted molar refractivity (Wildman–Crippen MR) is 98.0 cm³/mol. The zero-order chi connectivity index (χ0) is 16.1. The molecule has 23 heavy (non-hydrogen) atoms. The molecule has 0 saturated heterocycles. The second kappa shape index (κ2) is 7.86. The highest BCUT2D eigenvalue weighted by atomic mass is 35.5. The number of carbonyl (C=O) groups excluding carboxylic acids is 1. The molecule has 0 spiro atoms. The lowest BCUT2D eigenvalue weighted by molar-refractivity contribution is -0.113. The molecule has 0 saturated carbocycles. The number of benzene rings is 2. The third-order valence-corrected chi connectivity index (χ3v) is 5.22. The van der Waals surface area contributed by atoms with E-state index in [-0.39, 0.29) is 5.91 Å². The van der Waals surface area contributed by atoms with Crippen molar-refractivity contribution < 1.29 is 4.79 Å². The van der Waals surface area contributed by atoms with Crippen LogP contribution in [0.2, 0.25) is 5.02 Å². The molecule has 2 aromatic carbocycles. The zero-order valence-electron chi connectivity index (χ0n) is 12.8. The van der Waals surface area contributed by atoms with E-state index in [1.54, 1.807) is 11.9 Å². The average Bonchev–Trinajstić information content (AvgIpc) is 2.76. The van der Waals surface area contributed by atoms with Crippen molar-refractivity contribution in [2.45, 2.75) is 12.8 Å². The van der Waals surface area contributed by atoms with E-state index < -0.39 is 0 Å². The van der Waals surface area contributed by atoms with Crippen LogP contribution in [-0.2, 0) is 17.6 Å². The van der Waals surface area contributed by atoms with Crippen molar-refractivity contribution in [1.82, 2.24) is 4.31 Å². The van der Waals surface area contributed by atoms with Crippen LogP contribution < -0.4 is 5.32 Å². The van der Waals surface area contributed by atoms with Gasteiger partial charge in [-0.1, -0.05) is 47.8 Å². The largest absolute Gasteiger partial charge is 0.325 e. The summed E-state index contributed by atoms with van der Waals surface area (Å²) in [5.74, 6) is 0.470. The molecule has 1 N–H and O–H groups in total. The van der Waals surface area contributed by atoms with Crippen LogP contribution in [0.25, 0.3) is 0 Å². The Balaban J connectivity index is 1.49. The normalized spacial score (nSPS) is 14.8. The molecule has 1 amide bonds. The Kier molecular flexibility index (Phi) is 5.60. The first-order valence-electron chi connectivity index (χ1n) is 7.71. The summed E-state index contributed by atoms with van der Waals surface area (Å²) in [4.78, 5) is 12.0. The number of halogens is 1. The highest BCUT2D eigenvalue weighted by Gasteiger charge is 2.15. The highest BCUT2D eigenvalue weighted by Crippen LogP contribution is 2.23. The quantitative estimate of drug-likeness (QED) is 0.848. The third-order valence-electron chi connectivity index (χ3n) is 3.87. The Morgan fingerprint density at radius 1 is 1.09 bits per heavy atom. The number of nitrogens with zero attached hydrogens (tertiary/aromatic N) is 1. The fraction of sp³-hybridized carbons (Fsp3) is 0.278. The lowest BCUT2D eigenvalue weighted by atomic mass is 10.0. The number of carbonyl (C=O) groups is 1. The number of anilines is 1. The van der Waals surface area contributed by atoms with Gasteiger partial charge in [-0.2, -0.15) is 0 Å². The average molecular weight is 347 g/mol. The highest BCUT2D eigenvalue weighted by molar-refractivity contribution is 7.97. The van der Waals surface area contributed by atoms with Crippen LogP contribution in [-0.4, -0.2) is 29.1 Å². The SMILES string of the molecule is O=C(CSN1CCc2ccc(Cl)cc2CC1)Nc1ccccc1. The zero-order valence-corrected chi connectivity index (χ0v) is 14.4. The number of amides is 1. The van der Waals surface area contributed by atoms with Crippen molar-refractivity contribution in [1.29, 1.82) is 0 Å². The van der Waals surface area contributed by atoms with Gasteiger partial charge in [0.1, 0.15) is 0 Å². The maximum atomic E-state index is 12.0. The van der Waals surface area contributed by atoms with Crippen molar-refractivity contribution >= 4 is 35.1 Å². The molecule has 0 bridgehead atoms.